The van der Waals surface area contributed by atoms with Crippen LogP contribution in [0.25, 0.3) is 0 Å². The number of aromatic nitrogens is 2. The number of benzene rings is 1. The molecule has 1 atom stereocenters. The standard InChI is InChI=1S/C17H19Cl2N5O3/c1-20-16-12(19)7-21-17(23-16)22-13-6-14(26-2)10(5-11(13)18)15-8-24(9-25)3-4-27-15/h5-7,9,15H,3-4,8H2,1-2H3,(H2,20,21,22,23). The van der Waals surface area contributed by atoms with Crippen LogP contribution >= 0.6 is 23.2 Å². The van der Waals surface area contributed by atoms with E-state index in [-0.39, 0.29) is 6.10 Å². The Morgan fingerprint density at radius 2 is 2.19 bits per heavy atom. The van der Waals surface area contributed by atoms with Gasteiger partial charge < -0.3 is 25.0 Å². The van der Waals surface area contributed by atoms with Gasteiger partial charge in [0.05, 0.1) is 37.2 Å². The maximum atomic E-state index is 11.1. The molecule has 0 bridgehead atoms. The molecule has 1 aliphatic rings. The molecule has 2 heterocycles. The van der Waals surface area contributed by atoms with Gasteiger partial charge in [-0.3, -0.25) is 4.79 Å². The summed E-state index contributed by atoms with van der Waals surface area (Å²) in [5.41, 5.74) is 1.34. The van der Waals surface area contributed by atoms with E-state index in [0.717, 1.165) is 12.0 Å². The first-order chi connectivity index (χ1) is 13.0. The quantitative estimate of drug-likeness (QED) is 0.705. The number of methoxy groups -OCH3 is 1. The molecule has 144 valence electrons. The van der Waals surface area contributed by atoms with Crippen LogP contribution in [0.4, 0.5) is 17.5 Å². The third-order valence-corrected chi connectivity index (χ3v) is 4.73. The average molecular weight is 412 g/mol. The molecule has 2 N–H and O–H groups in total. The van der Waals surface area contributed by atoms with Crippen LogP contribution in [0.15, 0.2) is 18.3 Å². The van der Waals surface area contributed by atoms with Crippen LogP contribution < -0.4 is 15.4 Å². The SMILES string of the molecule is CNc1nc(Nc2cc(OC)c(C3CN(C=O)CCO3)cc2Cl)ncc1Cl. The van der Waals surface area contributed by atoms with Crippen LogP contribution in [-0.4, -0.2) is 55.1 Å². The molecule has 1 aromatic carbocycles. The number of morpholine rings is 1. The summed E-state index contributed by atoms with van der Waals surface area (Å²) in [6.45, 7) is 1.46. The van der Waals surface area contributed by atoms with E-state index in [0.29, 0.717) is 52.9 Å². The fourth-order valence-electron chi connectivity index (χ4n) is 2.77. The number of nitrogens with one attached hydrogen (secondary N) is 2. The fraction of sp³-hybridized carbons (Fsp3) is 0.353. The Morgan fingerprint density at radius 3 is 2.89 bits per heavy atom. The van der Waals surface area contributed by atoms with Crippen LogP contribution in [0.2, 0.25) is 10.0 Å². The van der Waals surface area contributed by atoms with E-state index < -0.39 is 0 Å². The number of amides is 1. The lowest BCUT2D eigenvalue weighted by Gasteiger charge is -2.31. The Morgan fingerprint density at radius 1 is 1.37 bits per heavy atom. The van der Waals surface area contributed by atoms with Crippen molar-refractivity contribution >= 4 is 47.1 Å². The second-order valence-corrected chi connectivity index (χ2v) is 6.61. The Kier molecular flexibility index (Phi) is 6.20. The highest BCUT2D eigenvalue weighted by atomic mass is 35.5. The number of halogens is 2. The number of ether oxygens (including phenoxy) is 2. The van der Waals surface area contributed by atoms with Crippen molar-refractivity contribution in [1.82, 2.24) is 14.9 Å². The number of carbonyl (C=O) groups excluding carboxylic acids is 1. The molecule has 3 rings (SSSR count). The molecular formula is C17H19Cl2N5O3. The van der Waals surface area contributed by atoms with Gasteiger partial charge in [-0.05, 0) is 6.07 Å². The molecule has 0 spiro atoms. The predicted molar refractivity (Wildman–Crippen MR) is 104 cm³/mol. The lowest BCUT2D eigenvalue weighted by molar-refractivity contribution is -0.125. The van der Waals surface area contributed by atoms with E-state index >= 15 is 0 Å². The van der Waals surface area contributed by atoms with Gasteiger partial charge in [-0.25, -0.2) is 4.98 Å². The number of hydrogen-bond donors (Lipinski definition) is 2. The third-order valence-electron chi connectivity index (χ3n) is 4.14. The first kappa shape index (κ1) is 19.5. The van der Waals surface area contributed by atoms with Gasteiger partial charge in [0.25, 0.3) is 0 Å². The molecule has 1 aliphatic heterocycles. The van der Waals surface area contributed by atoms with E-state index in [1.807, 2.05) is 0 Å². The van der Waals surface area contributed by atoms with E-state index in [2.05, 4.69) is 20.6 Å². The summed E-state index contributed by atoms with van der Waals surface area (Å²) in [4.78, 5) is 21.2. The first-order valence-electron chi connectivity index (χ1n) is 8.21. The van der Waals surface area contributed by atoms with Crippen molar-refractivity contribution < 1.29 is 14.3 Å². The van der Waals surface area contributed by atoms with Crippen molar-refractivity contribution in [2.45, 2.75) is 6.10 Å². The summed E-state index contributed by atoms with van der Waals surface area (Å²) >= 11 is 12.5. The number of nitrogens with zero attached hydrogens (tertiary/aromatic N) is 3. The second-order valence-electron chi connectivity index (χ2n) is 5.80. The maximum Gasteiger partial charge on any atom is 0.229 e. The van der Waals surface area contributed by atoms with Crippen molar-refractivity contribution in [3.8, 4) is 5.75 Å². The summed E-state index contributed by atoms with van der Waals surface area (Å²) in [7, 11) is 3.28. The maximum absolute atomic E-state index is 11.1. The van der Waals surface area contributed by atoms with Crippen molar-refractivity contribution in [3.05, 3.63) is 33.9 Å². The van der Waals surface area contributed by atoms with Crippen LogP contribution in [0.1, 0.15) is 11.7 Å². The Bertz CT molecular complexity index is 836. The van der Waals surface area contributed by atoms with Crippen LogP contribution in [0.5, 0.6) is 5.75 Å². The smallest absolute Gasteiger partial charge is 0.229 e. The second kappa shape index (κ2) is 8.60. The molecule has 1 fully saturated rings. The lowest BCUT2D eigenvalue weighted by Crippen LogP contribution is -2.37. The molecule has 10 heteroatoms. The van der Waals surface area contributed by atoms with Gasteiger partial charge in [0.15, 0.2) is 0 Å². The van der Waals surface area contributed by atoms with Crippen LogP contribution in [0, 0.1) is 0 Å². The van der Waals surface area contributed by atoms with E-state index in [9.17, 15) is 4.79 Å². The largest absolute Gasteiger partial charge is 0.496 e. The summed E-state index contributed by atoms with van der Waals surface area (Å²) in [6.07, 6.45) is 2.00. The van der Waals surface area contributed by atoms with Crippen molar-refractivity contribution in [2.24, 2.45) is 0 Å². The van der Waals surface area contributed by atoms with Crippen LogP contribution in [-0.2, 0) is 9.53 Å². The van der Waals surface area contributed by atoms with Gasteiger partial charge in [-0.15, -0.1) is 0 Å². The Hall–Kier alpha value is -2.29. The summed E-state index contributed by atoms with van der Waals surface area (Å²) in [5.74, 6) is 1.42. The molecule has 0 aliphatic carbocycles. The van der Waals surface area contributed by atoms with Gasteiger partial charge >= 0.3 is 0 Å². The van der Waals surface area contributed by atoms with Gasteiger partial charge in [-0.2, -0.15) is 4.98 Å². The highest BCUT2D eigenvalue weighted by molar-refractivity contribution is 6.33. The normalized spacial score (nSPS) is 16.7. The summed E-state index contributed by atoms with van der Waals surface area (Å²) in [5, 5.41) is 6.81. The Balaban J connectivity index is 1.89. The molecule has 1 aromatic heterocycles. The van der Waals surface area contributed by atoms with E-state index in [1.54, 1.807) is 31.2 Å². The molecule has 0 saturated carbocycles. The van der Waals surface area contributed by atoms with Crippen molar-refractivity contribution in [3.63, 3.8) is 0 Å². The first-order valence-corrected chi connectivity index (χ1v) is 8.97. The predicted octanol–water partition coefficient (Wildman–Crippen LogP) is 3.11. The molecule has 1 amide bonds. The van der Waals surface area contributed by atoms with Gasteiger partial charge in [0, 0.05) is 25.2 Å². The lowest BCUT2D eigenvalue weighted by atomic mass is 10.1. The fourth-order valence-corrected chi connectivity index (χ4v) is 3.17. The highest BCUT2D eigenvalue weighted by Gasteiger charge is 2.25. The molecule has 0 radical (unpaired) electrons. The molecule has 1 saturated heterocycles. The van der Waals surface area contributed by atoms with E-state index in [1.165, 1.54) is 6.20 Å². The zero-order valence-electron chi connectivity index (χ0n) is 14.8. The molecule has 8 nitrogen and oxygen atoms in total. The highest BCUT2D eigenvalue weighted by Crippen LogP contribution is 2.37. The van der Waals surface area contributed by atoms with Gasteiger partial charge in [-0.1, -0.05) is 23.2 Å². The van der Waals surface area contributed by atoms with Crippen molar-refractivity contribution in [1.29, 1.82) is 0 Å². The van der Waals surface area contributed by atoms with E-state index in [4.69, 9.17) is 32.7 Å². The van der Waals surface area contributed by atoms with Gasteiger partial charge in [0.2, 0.25) is 12.4 Å². The molecule has 2 aromatic rings. The Labute approximate surface area is 166 Å². The number of carbonyl (C=O) groups is 1. The number of hydrogen-bond acceptors (Lipinski definition) is 7. The zero-order valence-corrected chi connectivity index (χ0v) is 16.3. The summed E-state index contributed by atoms with van der Waals surface area (Å²) < 4.78 is 11.3. The molecule has 27 heavy (non-hydrogen) atoms. The number of rotatable bonds is 6. The monoisotopic (exact) mass is 411 g/mol. The average Bonchev–Trinajstić information content (AvgIpc) is 2.70. The topological polar surface area (TPSA) is 88.6 Å². The minimum atomic E-state index is -0.312. The molecule has 1 unspecified atom stereocenters. The number of anilines is 3. The van der Waals surface area contributed by atoms with Crippen molar-refractivity contribution in [2.75, 3.05) is 44.5 Å². The van der Waals surface area contributed by atoms with Gasteiger partial charge in [0.1, 0.15) is 22.7 Å². The minimum Gasteiger partial charge on any atom is -0.496 e. The zero-order chi connectivity index (χ0) is 19.4. The van der Waals surface area contributed by atoms with Crippen LogP contribution in [0.3, 0.4) is 0 Å². The summed E-state index contributed by atoms with van der Waals surface area (Å²) in [6, 6.07) is 3.51. The minimum absolute atomic E-state index is 0.312. The molecular weight excluding hydrogens is 393 g/mol. The third kappa shape index (κ3) is 4.35.